The molecule has 1 amide bonds. The van der Waals surface area contributed by atoms with Crippen LogP contribution in [0.3, 0.4) is 0 Å². The number of amides is 1. The molecule has 1 aromatic heterocycles. The van der Waals surface area contributed by atoms with Crippen LogP contribution >= 0.6 is 11.3 Å². The van der Waals surface area contributed by atoms with Crippen molar-refractivity contribution in [1.82, 2.24) is 4.90 Å². The fourth-order valence-electron chi connectivity index (χ4n) is 3.56. The summed E-state index contributed by atoms with van der Waals surface area (Å²) in [4.78, 5) is 28.5. The average Bonchev–Trinajstić information content (AvgIpc) is 3.27. The Morgan fingerprint density at radius 2 is 1.75 bits per heavy atom. The Hall–Kier alpha value is -3.52. The van der Waals surface area contributed by atoms with Gasteiger partial charge in [0.15, 0.2) is 0 Å². The molecule has 2 heterocycles. The summed E-state index contributed by atoms with van der Waals surface area (Å²) < 4.78 is 21.3. The number of benzene rings is 2. The van der Waals surface area contributed by atoms with Gasteiger partial charge >= 0.3 is 5.97 Å². The van der Waals surface area contributed by atoms with Crippen molar-refractivity contribution in [1.29, 1.82) is 0 Å². The van der Waals surface area contributed by atoms with Crippen LogP contribution in [-0.4, -0.2) is 44.7 Å². The highest BCUT2D eigenvalue weighted by atomic mass is 32.1. The number of esters is 1. The number of rotatable bonds is 7. The number of methoxy groups -OCH3 is 3. The lowest BCUT2D eigenvalue weighted by Crippen LogP contribution is -2.35. The van der Waals surface area contributed by atoms with Gasteiger partial charge in [-0.15, -0.1) is 11.3 Å². The molecule has 0 aliphatic carbocycles. The molecule has 0 spiro atoms. The number of para-hydroxylation sites is 1. The van der Waals surface area contributed by atoms with Gasteiger partial charge in [-0.25, -0.2) is 0 Å². The van der Waals surface area contributed by atoms with E-state index in [4.69, 9.17) is 18.9 Å². The molecule has 3 aromatic rings. The molecule has 4 rings (SSSR count). The molecular formula is C24H23NO6S. The molecule has 0 saturated carbocycles. The van der Waals surface area contributed by atoms with Crippen molar-refractivity contribution in [2.75, 3.05) is 27.9 Å². The minimum atomic E-state index is -0.497. The third-order valence-electron chi connectivity index (χ3n) is 5.15. The van der Waals surface area contributed by atoms with Gasteiger partial charge in [-0.05, 0) is 35.9 Å². The molecule has 0 N–H and O–H groups in total. The molecule has 0 atom stereocenters. The molecule has 0 bridgehead atoms. The predicted octanol–water partition coefficient (Wildman–Crippen LogP) is 4.14. The van der Waals surface area contributed by atoms with E-state index in [1.807, 2.05) is 42.5 Å². The van der Waals surface area contributed by atoms with Gasteiger partial charge in [-0.1, -0.05) is 12.1 Å². The SMILES string of the molecule is COC(=O)CN(Cc1cc(OC)cc(OC)c1)C(=O)c1cc2c(s1)-c1ccccc1OC2. The highest BCUT2D eigenvalue weighted by molar-refractivity contribution is 7.17. The molecule has 32 heavy (non-hydrogen) atoms. The van der Waals surface area contributed by atoms with Crippen molar-refractivity contribution in [3.8, 4) is 27.7 Å². The average molecular weight is 454 g/mol. The number of nitrogens with zero attached hydrogens (tertiary/aromatic N) is 1. The summed E-state index contributed by atoms with van der Waals surface area (Å²) in [6, 6.07) is 15.0. The summed E-state index contributed by atoms with van der Waals surface area (Å²) in [6.45, 7) is 0.419. The standard InChI is InChI=1S/C24H23NO6S/c1-28-17-8-15(9-18(11-17)29-2)12-25(13-22(26)30-3)24(27)21-10-16-14-31-20-7-5-4-6-19(20)23(16)32-21/h4-11H,12-14H2,1-3H3. The van der Waals surface area contributed by atoms with Crippen LogP contribution in [0.2, 0.25) is 0 Å². The summed E-state index contributed by atoms with van der Waals surface area (Å²) in [5, 5.41) is 0. The largest absolute Gasteiger partial charge is 0.497 e. The molecule has 0 fully saturated rings. The van der Waals surface area contributed by atoms with Gasteiger partial charge < -0.3 is 23.8 Å². The van der Waals surface area contributed by atoms with E-state index in [9.17, 15) is 9.59 Å². The van der Waals surface area contributed by atoms with Crippen LogP contribution in [0.1, 0.15) is 20.8 Å². The van der Waals surface area contributed by atoms with Crippen LogP contribution in [0.5, 0.6) is 17.2 Å². The Balaban J connectivity index is 1.65. The summed E-state index contributed by atoms with van der Waals surface area (Å²) in [6.07, 6.45) is 0. The maximum atomic E-state index is 13.5. The highest BCUT2D eigenvalue weighted by Crippen LogP contribution is 2.42. The van der Waals surface area contributed by atoms with Gasteiger partial charge in [-0.3, -0.25) is 9.59 Å². The lowest BCUT2D eigenvalue weighted by molar-refractivity contribution is -0.141. The lowest BCUT2D eigenvalue weighted by atomic mass is 10.1. The predicted molar refractivity (Wildman–Crippen MR) is 120 cm³/mol. The third kappa shape index (κ3) is 4.40. The summed E-state index contributed by atoms with van der Waals surface area (Å²) in [5.41, 5.74) is 2.70. The van der Waals surface area contributed by atoms with Crippen LogP contribution in [0.25, 0.3) is 10.4 Å². The van der Waals surface area contributed by atoms with Crippen molar-refractivity contribution in [2.45, 2.75) is 13.2 Å². The Kier molecular flexibility index (Phi) is 6.32. The third-order valence-corrected chi connectivity index (χ3v) is 6.35. The highest BCUT2D eigenvalue weighted by Gasteiger charge is 2.26. The minimum absolute atomic E-state index is 0.176. The lowest BCUT2D eigenvalue weighted by Gasteiger charge is -2.21. The van der Waals surface area contributed by atoms with Crippen molar-refractivity contribution in [3.05, 3.63) is 64.5 Å². The Morgan fingerprint density at radius 3 is 2.44 bits per heavy atom. The molecule has 0 unspecified atom stereocenters. The first-order chi connectivity index (χ1) is 15.5. The topological polar surface area (TPSA) is 74.3 Å². The van der Waals surface area contributed by atoms with E-state index in [-0.39, 0.29) is 19.0 Å². The van der Waals surface area contributed by atoms with Crippen LogP contribution in [-0.2, 0) is 22.7 Å². The zero-order valence-corrected chi connectivity index (χ0v) is 18.9. The van der Waals surface area contributed by atoms with E-state index >= 15 is 0 Å². The Labute approximate surface area is 190 Å². The zero-order valence-electron chi connectivity index (χ0n) is 18.0. The monoisotopic (exact) mass is 453 g/mol. The van der Waals surface area contributed by atoms with E-state index in [2.05, 4.69) is 0 Å². The summed E-state index contributed by atoms with van der Waals surface area (Å²) in [5.74, 6) is 1.25. The molecule has 0 radical (unpaired) electrons. The first kappa shape index (κ1) is 21.7. The van der Waals surface area contributed by atoms with Crippen LogP contribution in [0, 0.1) is 0 Å². The fraction of sp³-hybridized carbons (Fsp3) is 0.250. The zero-order chi connectivity index (χ0) is 22.7. The van der Waals surface area contributed by atoms with Crippen LogP contribution in [0.4, 0.5) is 0 Å². The number of hydrogen-bond donors (Lipinski definition) is 0. The molecule has 166 valence electrons. The van der Waals surface area contributed by atoms with Crippen molar-refractivity contribution in [2.24, 2.45) is 0 Å². The van der Waals surface area contributed by atoms with Gasteiger partial charge in [0, 0.05) is 28.6 Å². The number of carbonyl (C=O) groups is 2. The number of hydrogen-bond acceptors (Lipinski definition) is 7. The van der Waals surface area contributed by atoms with Crippen molar-refractivity contribution in [3.63, 3.8) is 0 Å². The Morgan fingerprint density at radius 1 is 1.03 bits per heavy atom. The number of ether oxygens (including phenoxy) is 4. The molecule has 8 heteroatoms. The second-order valence-electron chi connectivity index (χ2n) is 7.21. The van der Waals surface area contributed by atoms with E-state index < -0.39 is 5.97 Å². The van der Waals surface area contributed by atoms with E-state index in [1.165, 1.54) is 23.3 Å². The molecule has 2 aromatic carbocycles. The van der Waals surface area contributed by atoms with Crippen LogP contribution < -0.4 is 14.2 Å². The quantitative estimate of drug-likeness (QED) is 0.501. The molecular weight excluding hydrogens is 430 g/mol. The maximum absolute atomic E-state index is 13.5. The van der Waals surface area contributed by atoms with Gasteiger partial charge in [0.2, 0.25) is 0 Å². The minimum Gasteiger partial charge on any atom is -0.497 e. The molecule has 7 nitrogen and oxygen atoms in total. The molecule has 1 aliphatic rings. The molecule has 0 saturated heterocycles. The first-order valence-electron chi connectivity index (χ1n) is 9.95. The second kappa shape index (κ2) is 9.32. The fourth-order valence-corrected chi connectivity index (χ4v) is 4.72. The maximum Gasteiger partial charge on any atom is 0.325 e. The smallest absolute Gasteiger partial charge is 0.325 e. The Bertz CT molecular complexity index is 1130. The van der Waals surface area contributed by atoms with E-state index in [0.29, 0.717) is 23.0 Å². The summed E-state index contributed by atoms with van der Waals surface area (Å²) >= 11 is 1.40. The number of carbonyl (C=O) groups excluding carboxylic acids is 2. The van der Waals surface area contributed by atoms with E-state index in [1.54, 1.807) is 20.3 Å². The van der Waals surface area contributed by atoms with E-state index in [0.717, 1.165) is 27.3 Å². The molecule has 1 aliphatic heterocycles. The van der Waals surface area contributed by atoms with Gasteiger partial charge in [0.25, 0.3) is 5.91 Å². The van der Waals surface area contributed by atoms with Crippen molar-refractivity contribution >= 4 is 23.2 Å². The first-order valence-corrected chi connectivity index (χ1v) is 10.8. The van der Waals surface area contributed by atoms with Gasteiger partial charge in [0.05, 0.1) is 26.2 Å². The summed E-state index contributed by atoms with van der Waals surface area (Å²) in [7, 11) is 4.43. The van der Waals surface area contributed by atoms with Gasteiger partial charge in [0.1, 0.15) is 30.4 Å². The van der Waals surface area contributed by atoms with Crippen molar-refractivity contribution < 1.29 is 28.5 Å². The normalized spacial score (nSPS) is 11.6. The second-order valence-corrected chi connectivity index (χ2v) is 8.26. The van der Waals surface area contributed by atoms with Crippen LogP contribution in [0.15, 0.2) is 48.5 Å². The number of fused-ring (bicyclic) bond motifs is 3. The van der Waals surface area contributed by atoms with Gasteiger partial charge in [-0.2, -0.15) is 0 Å². The number of thiophene rings is 1.